The number of aryl methyl sites for hydroxylation is 1. The Balaban J connectivity index is 1.72. The number of aromatic nitrogens is 2. The number of carbonyl (C=O) groups excluding carboxylic acids is 1. The molecule has 0 aliphatic carbocycles. The van der Waals surface area contributed by atoms with Crippen LogP contribution in [0.15, 0.2) is 58.1 Å². The van der Waals surface area contributed by atoms with Crippen molar-refractivity contribution in [3.05, 3.63) is 68.5 Å². The lowest BCUT2D eigenvalue weighted by molar-refractivity contribution is -0.118. The van der Waals surface area contributed by atoms with Crippen molar-refractivity contribution in [2.75, 3.05) is 19.5 Å². The third kappa shape index (κ3) is 4.45. The molecule has 0 radical (unpaired) electrons. The molecule has 1 unspecified atom stereocenters. The Morgan fingerprint density at radius 1 is 1.15 bits per heavy atom. The van der Waals surface area contributed by atoms with Crippen LogP contribution < -0.4 is 20.3 Å². The van der Waals surface area contributed by atoms with Gasteiger partial charge in [0.15, 0.2) is 11.5 Å². The highest BCUT2D eigenvalue weighted by Gasteiger charge is 2.23. The maximum Gasteiger partial charge on any atom is 0.263 e. The van der Waals surface area contributed by atoms with Crippen LogP contribution in [0.1, 0.15) is 24.8 Å². The first-order valence-corrected chi connectivity index (χ1v) is 12.3. The predicted octanol–water partition coefficient (Wildman–Crippen LogP) is 5.67. The molecule has 0 saturated carbocycles. The van der Waals surface area contributed by atoms with Gasteiger partial charge in [-0.25, -0.2) is 4.98 Å². The van der Waals surface area contributed by atoms with E-state index in [-0.39, 0.29) is 11.5 Å². The number of halogens is 1. The van der Waals surface area contributed by atoms with E-state index in [2.05, 4.69) is 33.2 Å². The summed E-state index contributed by atoms with van der Waals surface area (Å²) in [6.45, 7) is 3.74. The first-order chi connectivity index (χ1) is 16.4. The number of nitrogens with zero attached hydrogens (tertiary/aromatic N) is 2. The van der Waals surface area contributed by atoms with Crippen LogP contribution >= 0.6 is 27.3 Å². The van der Waals surface area contributed by atoms with E-state index >= 15 is 0 Å². The summed E-state index contributed by atoms with van der Waals surface area (Å²) < 4.78 is 12.9. The van der Waals surface area contributed by atoms with Crippen LogP contribution in [0.25, 0.3) is 21.3 Å². The van der Waals surface area contributed by atoms with Crippen LogP contribution in [0.2, 0.25) is 0 Å². The molecule has 0 spiro atoms. The van der Waals surface area contributed by atoms with Crippen molar-refractivity contribution in [2.45, 2.75) is 26.3 Å². The largest absolute Gasteiger partial charge is 0.493 e. The van der Waals surface area contributed by atoms with Crippen molar-refractivity contribution in [3.8, 4) is 22.6 Å². The number of rotatable bonds is 7. The average molecular weight is 542 g/mol. The number of nitrogens with one attached hydrogen (secondary N) is 1. The van der Waals surface area contributed by atoms with Gasteiger partial charge in [-0.1, -0.05) is 35.0 Å². The molecule has 0 saturated heterocycles. The fourth-order valence-electron chi connectivity index (χ4n) is 3.78. The van der Waals surface area contributed by atoms with E-state index in [1.165, 1.54) is 29.3 Å². The average Bonchev–Trinajstić information content (AvgIpc) is 3.23. The number of benzene rings is 2. The van der Waals surface area contributed by atoms with Gasteiger partial charge in [0.05, 0.1) is 25.9 Å². The monoisotopic (exact) mass is 541 g/mol. The summed E-state index contributed by atoms with van der Waals surface area (Å²) in [6.07, 6.45) is 2.23. The maximum atomic E-state index is 13.6. The number of fused-ring (bicyclic) bond motifs is 1. The second-order valence-corrected chi connectivity index (χ2v) is 9.63. The van der Waals surface area contributed by atoms with Crippen molar-refractivity contribution in [3.63, 3.8) is 0 Å². The minimum atomic E-state index is -0.778. The van der Waals surface area contributed by atoms with E-state index in [0.717, 1.165) is 26.9 Å². The van der Waals surface area contributed by atoms with E-state index in [0.29, 0.717) is 27.4 Å². The first-order valence-electron chi connectivity index (χ1n) is 10.7. The molecule has 9 heteroatoms. The smallest absolute Gasteiger partial charge is 0.263 e. The second-order valence-electron chi connectivity index (χ2n) is 7.63. The van der Waals surface area contributed by atoms with Crippen molar-refractivity contribution in [2.24, 2.45) is 0 Å². The number of thiophene rings is 1. The number of carbonyl (C=O) groups is 1. The lowest BCUT2D eigenvalue weighted by Crippen LogP contribution is -2.31. The molecule has 176 valence electrons. The standard InChI is InChI=1S/C25H24BrN3O4S/c1-5-20-21(15-6-8-16(26)9-7-15)22-24(34-20)27-13-29(25(22)31)14(2)23(30)28-17-10-11-18(32-3)19(12-17)33-4/h6-14H,5H2,1-4H3,(H,28,30). The van der Waals surface area contributed by atoms with Gasteiger partial charge in [-0.3, -0.25) is 14.2 Å². The molecule has 0 bridgehead atoms. The highest BCUT2D eigenvalue weighted by molar-refractivity contribution is 9.10. The van der Waals surface area contributed by atoms with Gasteiger partial charge in [-0.2, -0.15) is 0 Å². The van der Waals surface area contributed by atoms with Crippen molar-refractivity contribution >= 4 is 49.1 Å². The van der Waals surface area contributed by atoms with Gasteiger partial charge in [0.2, 0.25) is 5.91 Å². The molecule has 1 atom stereocenters. The number of anilines is 1. The molecular formula is C25H24BrN3O4S. The molecule has 34 heavy (non-hydrogen) atoms. The van der Waals surface area contributed by atoms with Crippen molar-refractivity contribution in [1.82, 2.24) is 9.55 Å². The maximum absolute atomic E-state index is 13.6. The topological polar surface area (TPSA) is 82.5 Å². The van der Waals surface area contributed by atoms with Gasteiger partial charge in [0, 0.05) is 26.7 Å². The molecule has 1 N–H and O–H groups in total. The highest BCUT2D eigenvalue weighted by Crippen LogP contribution is 2.37. The molecule has 4 rings (SSSR count). The zero-order valence-electron chi connectivity index (χ0n) is 19.2. The van der Waals surface area contributed by atoms with E-state index in [1.807, 2.05) is 24.3 Å². The second kappa shape index (κ2) is 9.99. The summed E-state index contributed by atoms with van der Waals surface area (Å²) in [6, 6.07) is 12.2. The van der Waals surface area contributed by atoms with Crippen molar-refractivity contribution < 1.29 is 14.3 Å². The summed E-state index contributed by atoms with van der Waals surface area (Å²) in [5.41, 5.74) is 2.13. The van der Waals surface area contributed by atoms with Gasteiger partial charge in [-0.15, -0.1) is 11.3 Å². The minimum Gasteiger partial charge on any atom is -0.493 e. The molecular weight excluding hydrogens is 518 g/mol. The fourth-order valence-corrected chi connectivity index (χ4v) is 5.14. The first kappa shape index (κ1) is 24.0. The number of hydrogen-bond donors (Lipinski definition) is 1. The highest BCUT2D eigenvalue weighted by atomic mass is 79.9. The van der Waals surface area contributed by atoms with E-state index in [9.17, 15) is 9.59 Å². The van der Waals surface area contributed by atoms with Gasteiger partial charge >= 0.3 is 0 Å². The molecule has 2 aromatic carbocycles. The normalized spacial score (nSPS) is 11.9. The van der Waals surface area contributed by atoms with Crippen LogP contribution in [0.4, 0.5) is 5.69 Å². The van der Waals surface area contributed by atoms with E-state index in [4.69, 9.17) is 9.47 Å². The molecule has 0 aliphatic rings. The third-order valence-electron chi connectivity index (χ3n) is 5.61. The minimum absolute atomic E-state index is 0.242. The molecule has 0 aliphatic heterocycles. The van der Waals surface area contributed by atoms with Crippen molar-refractivity contribution in [1.29, 1.82) is 0 Å². The summed E-state index contributed by atoms with van der Waals surface area (Å²) in [5, 5.41) is 3.39. The molecule has 4 aromatic rings. The summed E-state index contributed by atoms with van der Waals surface area (Å²) in [4.78, 5) is 32.9. The Bertz CT molecular complexity index is 1410. The molecule has 7 nitrogen and oxygen atoms in total. The number of amides is 1. The van der Waals surface area contributed by atoms with Crippen LogP contribution in [-0.2, 0) is 11.2 Å². The van der Waals surface area contributed by atoms with Crippen LogP contribution in [0.3, 0.4) is 0 Å². The van der Waals surface area contributed by atoms with Crippen LogP contribution in [-0.4, -0.2) is 29.7 Å². The zero-order valence-corrected chi connectivity index (χ0v) is 21.6. The van der Waals surface area contributed by atoms with Gasteiger partial charge < -0.3 is 14.8 Å². The van der Waals surface area contributed by atoms with Gasteiger partial charge in [-0.05, 0) is 43.2 Å². The Morgan fingerprint density at radius 2 is 1.85 bits per heavy atom. The SMILES string of the molecule is CCc1sc2ncn(C(C)C(=O)Nc3ccc(OC)c(OC)c3)c(=O)c2c1-c1ccc(Br)cc1. The van der Waals surface area contributed by atoms with E-state index < -0.39 is 6.04 Å². The predicted molar refractivity (Wildman–Crippen MR) is 139 cm³/mol. The lowest BCUT2D eigenvalue weighted by atomic mass is 10.0. The Kier molecular flexibility index (Phi) is 7.04. The Labute approximate surface area is 209 Å². The van der Waals surface area contributed by atoms with Crippen LogP contribution in [0, 0.1) is 0 Å². The molecule has 2 heterocycles. The molecule has 2 aromatic heterocycles. The summed E-state index contributed by atoms with van der Waals surface area (Å²) in [5.74, 6) is 0.716. The molecule has 1 amide bonds. The fraction of sp³-hybridized carbons (Fsp3) is 0.240. The quantitative estimate of drug-likeness (QED) is 0.326. The number of methoxy groups -OCH3 is 2. The Morgan fingerprint density at radius 3 is 2.50 bits per heavy atom. The summed E-state index contributed by atoms with van der Waals surface area (Å²) in [7, 11) is 3.08. The lowest BCUT2D eigenvalue weighted by Gasteiger charge is -2.16. The van der Waals surface area contributed by atoms with Crippen LogP contribution in [0.5, 0.6) is 11.5 Å². The summed E-state index contributed by atoms with van der Waals surface area (Å²) >= 11 is 4.98. The van der Waals surface area contributed by atoms with E-state index in [1.54, 1.807) is 32.2 Å². The molecule has 0 fully saturated rings. The third-order valence-corrected chi connectivity index (χ3v) is 7.38. The van der Waals surface area contributed by atoms with Gasteiger partial charge in [0.25, 0.3) is 5.56 Å². The van der Waals surface area contributed by atoms with Gasteiger partial charge in [0.1, 0.15) is 10.9 Å². The number of ether oxygens (including phenoxy) is 2. The Hall–Kier alpha value is -3.17. The number of hydrogen-bond acceptors (Lipinski definition) is 6. The zero-order chi connectivity index (χ0) is 24.4.